The number of rotatable bonds is 9. The van der Waals surface area contributed by atoms with E-state index in [9.17, 15) is 14.7 Å². The molecular formula is C25H29ClN2O6. The van der Waals surface area contributed by atoms with Gasteiger partial charge in [-0.3, -0.25) is 9.59 Å². The molecule has 1 aliphatic rings. The third-order valence-corrected chi connectivity index (χ3v) is 5.99. The van der Waals surface area contributed by atoms with Crippen molar-refractivity contribution in [3.05, 3.63) is 58.1 Å². The maximum Gasteiger partial charge on any atom is 0.295 e. The van der Waals surface area contributed by atoms with Crippen LogP contribution >= 0.6 is 11.6 Å². The van der Waals surface area contributed by atoms with E-state index in [0.29, 0.717) is 41.3 Å². The first-order valence-electron chi connectivity index (χ1n) is 10.7. The molecule has 2 aromatic carbocycles. The van der Waals surface area contributed by atoms with Crippen molar-refractivity contribution >= 4 is 29.1 Å². The average Bonchev–Trinajstić information content (AvgIpc) is 3.07. The van der Waals surface area contributed by atoms with Crippen LogP contribution < -0.4 is 14.2 Å². The molecule has 1 N–H and O–H groups in total. The fraction of sp³-hybridized carbons (Fsp3) is 0.360. The van der Waals surface area contributed by atoms with Crippen LogP contribution in [0.2, 0.25) is 5.02 Å². The molecule has 0 aliphatic carbocycles. The summed E-state index contributed by atoms with van der Waals surface area (Å²) in [4.78, 5) is 29.7. The van der Waals surface area contributed by atoms with Crippen molar-refractivity contribution in [1.29, 1.82) is 0 Å². The van der Waals surface area contributed by atoms with Crippen molar-refractivity contribution < 1.29 is 28.9 Å². The zero-order chi connectivity index (χ0) is 25.0. The number of ketones is 1. The highest BCUT2D eigenvalue weighted by atomic mass is 35.5. The summed E-state index contributed by atoms with van der Waals surface area (Å²) in [6.07, 6.45) is 0.651. The second kappa shape index (κ2) is 10.8. The van der Waals surface area contributed by atoms with Crippen LogP contribution in [0.3, 0.4) is 0 Å². The fourth-order valence-corrected chi connectivity index (χ4v) is 4.26. The Kier molecular flexibility index (Phi) is 8.06. The molecule has 0 spiro atoms. The molecule has 1 aliphatic heterocycles. The molecule has 1 atom stereocenters. The fourth-order valence-electron chi connectivity index (χ4n) is 4.01. The minimum absolute atomic E-state index is 0.0108. The van der Waals surface area contributed by atoms with Gasteiger partial charge in [0.15, 0.2) is 11.5 Å². The van der Waals surface area contributed by atoms with Gasteiger partial charge in [-0.2, -0.15) is 0 Å². The van der Waals surface area contributed by atoms with Gasteiger partial charge in [0.25, 0.3) is 11.7 Å². The van der Waals surface area contributed by atoms with Crippen molar-refractivity contribution in [1.82, 2.24) is 9.80 Å². The Hall–Kier alpha value is -3.23. The number of methoxy groups -OCH3 is 3. The summed E-state index contributed by atoms with van der Waals surface area (Å²) in [6, 6.07) is 9.05. The number of nitrogens with zero attached hydrogens (tertiary/aromatic N) is 2. The molecule has 1 fully saturated rings. The highest BCUT2D eigenvalue weighted by Crippen LogP contribution is 2.42. The number of benzene rings is 2. The van der Waals surface area contributed by atoms with Crippen LogP contribution in [0.1, 0.15) is 23.6 Å². The van der Waals surface area contributed by atoms with Gasteiger partial charge in [0.1, 0.15) is 11.5 Å². The van der Waals surface area contributed by atoms with Crippen LogP contribution in [0.25, 0.3) is 5.76 Å². The summed E-state index contributed by atoms with van der Waals surface area (Å²) < 4.78 is 15.9. The van der Waals surface area contributed by atoms with Crippen LogP contribution in [-0.2, 0) is 9.59 Å². The summed E-state index contributed by atoms with van der Waals surface area (Å²) in [7, 11) is 8.39. The lowest BCUT2D eigenvalue weighted by Gasteiger charge is -2.26. The molecule has 0 radical (unpaired) electrons. The van der Waals surface area contributed by atoms with Gasteiger partial charge in [-0.1, -0.05) is 17.7 Å². The molecule has 0 saturated carbocycles. The van der Waals surface area contributed by atoms with Gasteiger partial charge in [-0.25, -0.2) is 0 Å². The molecule has 1 saturated heterocycles. The Balaban J connectivity index is 2.16. The molecule has 34 heavy (non-hydrogen) atoms. The number of carbonyl (C=O) groups excluding carboxylic acids is 2. The van der Waals surface area contributed by atoms with Gasteiger partial charge in [0.2, 0.25) is 0 Å². The number of amides is 1. The van der Waals surface area contributed by atoms with Crippen molar-refractivity contribution in [2.24, 2.45) is 0 Å². The average molecular weight is 489 g/mol. The molecule has 0 aromatic heterocycles. The maximum absolute atomic E-state index is 13.2. The first-order valence-corrected chi connectivity index (χ1v) is 11.1. The van der Waals surface area contributed by atoms with Gasteiger partial charge in [0.05, 0.1) is 38.0 Å². The van der Waals surface area contributed by atoms with Gasteiger partial charge in [-0.05, 0) is 63.0 Å². The number of halogens is 1. The number of hydrogen-bond acceptors (Lipinski definition) is 7. The largest absolute Gasteiger partial charge is 0.507 e. The lowest BCUT2D eigenvalue weighted by molar-refractivity contribution is -0.139. The quantitative estimate of drug-likeness (QED) is 0.327. The molecule has 8 nitrogen and oxygen atoms in total. The summed E-state index contributed by atoms with van der Waals surface area (Å²) in [5.41, 5.74) is 0.911. The smallest absolute Gasteiger partial charge is 0.295 e. The van der Waals surface area contributed by atoms with E-state index in [-0.39, 0.29) is 16.4 Å². The Morgan fingerprint density at radius 3 is 2.24 bits per heavy atom. The van der Waals surface area contributed by atoms with Crippen LogP contribution in [0.15, 0.2) is 42.0 Å². The van der Waals surface area contributed by atoms with E-state index in [4.69, 9.17) is 25.8 Å². The molecular weight excluding hydrogens is 460 g/mol. The SMILES string of the molecule is COc1ccc(C(O)=C2C(=O)C(=O)N(CCCN(C)C)[C@@H]2c2ccc(OC)c(OC)c2)cc1Cl. The van der Waals surface area contributed by atoms with E-state index >= 15 is 0 Å². The minimum atomic E-state index is -0.803. The molecule has 3 rings (SSSR count). The molecule has 2 aromatic rings. The van der Waals surface area contributed by atoms with Gasteiger partial charge < -0.3 is 29.1 Å². The summed E-state index contributed by atoms with van der Waals surface area (Å²) >= 11 is 6.24. The second-order valence-electron chi connectivity index (χ2n) is 8.11. The monoisotopic (exact) mass is 488 g/mol. The first kappa shape index (κ1) is 25.4. The highest BCUT2D eigenvalue weighted by Gasteiger charge is 2.46. The van der Waals surface area contributed by atoms with Crippen molar-refractivity contribution in [2.45, 2.75) is 12.5 Å². The maximum atomic E-state index is 13.2. The van der Waals surface area contributed by atoms with Gasteiger partial charge in [-0.15, -0.1) is 0 Å². The summed E-state index contributed by atoms with van der Waals surface area (Å²) in [6.45, 7) is 1.07. The van der Waals surface area contributed by atoms with E-state index in [1.54, 1.807) is 30.3 Å². The number of ether oxygens (including phenoxy) is 3. The normalized spacial score (nSPS) is 17.4. The zero-order valence-corrected chi connectivity index (χ0v) is 20.7. The van der Waals surface area contributed by atoms with E-state index in [1.807, 2.05) is 19.0 Å². The van der Waals surface area contributed by atoms with Crippen LogP contribution in [-0.4, -0.2) is 75.1 Å². The Morgan fingerprint density at radius 2 is 1.65 bits per heavy atom. The molecule has 0 unspecified atom stereocenters. The molecule has 1 heterocycles. The number of likely N-dealkylation sites (tertiary alicyclic amines) is 1. The predicted octanol–water partition coefficient (Wildman–Crippen LogP) is 3.74. The highest BCUT2D eigenvalue weighted by molar-refractivity contribution is 6.46. The Bertz CT molecular complexity index is 1110. The number of hydrogen-bond donors (Lipinski definition) is 1. The van der Waals surface area contributed by atoms with E-state index in [0.717, 1.165) is 6.54 Å². The minimum Gasteiger partial charge on any atom is -0.507 e. The first-order chi connectivity index (χ1) is 16.2. The second-order valence-corrected chi connectivity index (χ2v) is 8.52. The lowest BCUT2D eigenvalue weighted by atomic mass is 9.95. The topological polar surface area (TPSA) is 88.5 Å². The van der Waals surface area contributed by atoms with Crippen LogP contribution in [0.5, 0.6) is 17.2 Å². The van der Waals surface area contributed by atoms with Crippen LogP contribution in [0, 0.1) is 0 Å². The third kappa shape index (κ3) is 4.98. The van der Waals surface area contributed by atoms with E-state index < -0.39 is 17.7 Å². The summed E-state index contributed by atoms with van der Waals surface area (Å²) in [5, 5.41) is 11.5. The van der Waals surface area contributed by atoms with Gasteiger partial charge >= 0.3 is 0 Å². The molecule has 9 heteroatoms. The molecule has 182 valence electrons. The summed E-state index contributed by atoms with van der Waals surface area (Å²) in [5.74, 6) is -0.338. The van der Waals surface area contributed by atoms with Crippen molar-refractivity contribution in [2.75, 3.05) is 48.5 Å². The van der Waals surface area contributed by atoms with E-state index in [2.05, 4.69) is 0 Å². The molecule has 1 amide bonds. The molecule has 0 bridgehead atoms. The van der Waals surface area contributed by atoms with Crippen LogP contribution in [0.4, 0.5) is 0 Å². The number of aliphatic hydroxyl groups is 1. The van der Waals surface area contributed by atoms with Crippen molar-refractivity contribution in [3.8, 4) is 17.2 Å². The number of carbonyl (C=O) groups is 2. The third-order valence-electron chi connectivity index (χ3n) is 5.69. The zero-order valence-electron chi connectivity index (χ0n) is 19.9. The number of Topliss-reactive ketones (excluding diaryl/α,β-unsaturated/α-hetero) is 1. The predicted molar refractivity (Wildman–Crippen MR) is 130 cm³/mol. The van der Waals surface area contributed by atoms with Crippen molar-refractivity contribution in [3.63, 3.8) is 0 Å². The number of aliphatic hydroxyl groups excluding tert-OH is 1. The standard InChI is InChI=1S/C25H29ClN2O6/c1-27(2)11-6-12-28-22(15-7-10-19(33-4)20(14-15)34-5)21(24(30)25(28)31)23(29)16-8-9-18(32-3)17(26)13-16/h7-10,13-14,22,29H,6,11-12H2,1-5H3/t22-/m1/s1. The van der Waals surface area contributed by atoms with Gasteiger partial charge in [0, 0.05) is 12.1 Å². The lowest BCUT2D eigenvalue weighted by Crippen LogP contribution is -2.32. The Morgan fingerprint density at radius 1 is 1.00 bits per heavy atom. The Labute approximate surface area is 204 Å². The van der Waals surface area contributed by atoms with E-state index in [1.165, 1.54) is 32.3 Å².